The molecule has 3 saturated heterocycles. The number of imide groups is 1. The minimum Gasteiger partial charge on any atom is -0.339 e. The van der Waals surface area contributed by atoms with Gasteiger partial charge in [-0.1, -0.05) is 69.9 Å². The van der Waals surface area contributed by atoms with E-state index in [0.717, 1.165) is 18.9 Å². The van der Waals surface area contributed by atoms with E-state index in [9.17, 15) is 27.6 Å². The quantitative estimate of drug-likeness (QED) is 0.174. The van der Waals surface area contributed by atoms with E-state index in [-0.39, 0.29) is 29.9 Å². The molecule has 8 nitrogen and oxygen atoms in total. The van der Waals surface area contributed by atoms with Crippen LogP contribution in [0, 0.1) is 0 Å². The first-order valence-electron chi connectivity index (χ1n) is 14.1. The molecule has 1 aromatic carbocycles. The van der Waals surface area contributed by atoms with E-state index in [1.807, 2.05) is 4.31 Å². The van der Waals surface area contributed by atoms with Gasteiger partial charge in [-0.15, -0.1) is 0 Å². The van der Waals surface area contributed by atoms with Crippen molar-refractivity contribution in [3.63, 3.8) is 0 Å². The summed E-state index contributed by atoms with van der Waals surface area (Å²) in [7, 11) is 0. The van der Waals surface area contributed by atoms with Crippen molar-refractivity contribution in [1.29, 1.82) is 0 Å². The molecule has 3 fully saturated rings. The third-order valence-electron chi connectivity index (χ3n) is 7.76. The van der Waals surface area contributed by atoms with Crippen LogP contribution in [0.15, 0.2) is 23.6 Å². The van der Waals surface area contributed by atoms with Gasteiger partial charge in [-0.2, -0.15) is 13.2 Å². The molecule has 220 valence electrons. The van der Waals surface area contributed by atoms with Gasteiger partial charge in [-0.25, -0.2) is 14.0 Å². The summed E-state index contributed by atoms with van der Waals surface area (Å²) in [6, 6.07) is 2.68. The third-order valence-corrected chi connectivity index (χ3v) is 8.69. The van der Waals surface area contributed by atoms with Gasteiger partial charge in [0, 0.05) is 13.1 Å². The second kappa shape index (κ2) is 13.4. The smallest absolute Gasteiger partial charge is 0.339 e. The van der Waals surface area contributed by atoms with E-state index < -0.39 is 29.2 Å². The van der Waals surface area contributed by atoms with E-state index in [4.69, 9.17) is 0 Å². The lowest BCUT2D eigenvalue weighted by Gasteiger charge is -2.36. The molecule has 1 aromatic rings. The molecule has 1 atom stereocenters. The summed E-state index contributed by atoms with van der Waals surface area (Å²) in [5.74, 6) is -0.560. The van der Waals surface area contributed by atoms with Gasteiger partial charge in [0.25, 0.3) is 5.91 Å². The molecule has 4 amide bonds. The predicted octanol–water partition coefficient (Wildman–Crippen LogP) is 5.40. The van der Waals surface area contributed by atoms with Crippen molar-refractivity contribution in [3.05, 3.63) is 34.7 Å². The van der Waals surface area contributed by atoms with Gasteiger partial charge in [0.2, 0.25) is 5.91 Å². The number of unbranched alkanes of at least 4 members (excludes halogenated alkanes) is 6. The minimum absolute atomic E-state index is 0.00655. The molecule has 3 heterocycles. The molecule has 3 N–H and O–H groups in total. The Morgan fingerprint density at radius 3 is 2.40 bits per heavy atom. The fourth-order valence-corrected chi connectivity index (χ4v) is 6.25. The first-order chi connectivity index (χ1) is 19.1. The molecule has 4 rings (SSSR count). The lowest BCUT2D eigenvalue weighted by atomic mass is 9.88. The second-order valence-corrected chi connectivity index (χ2v) is 11.7. The molecular weight excluding hydrogens is 543 g/mol. The van der Waals surface area contributed by atoms with Crippen molar-refractivity contribution in [3.8, 4) is 0 Å². The van der Waals surface area contributed by atoms with Crippen molar-refractivity contribution in [2.45, 2.75) is 89.0 Å². The average molecular weight is 582 g/mol. The molecule has 3 aliphatic heterocycles. The van der Waals surface area contributed by atoms with Crippen LogP contribution in [0.2, 0.25) is 0 Å². The summed E-state index contributed by atoms with van der Waals surface area (Å²) in [5, 5.41) is 10.5. The number of benzene rings is 1. The molecule has 12 heteroatoms. The van der Waals surface area contributed by atoms with E-state index in [0.29, 0.717) is 30.8 Å². The molecule has 0 saturated carbocycles. The Bertz CT molecular complexity index is 1090. The van der Waals surface area contributed by atoms with Gasteiger partial charge in [0.05, 0.1) is 24.0 Å². The monoisotopic (exact) mass is 581 g/mol. The van der Waals surface area contributed by atoms with Crippen LogP contribution < -0.4 is 20.9 Å². The first kappa shape index (κ1) is 30.4. The number of anilines is 1. The largest absolute Gasteiger partial charge is 0.417 e. The Labute approximate surface area is 237 Å². The predicted molar refractivity (Wildman–Crippen MR) is 150 cm³/mol. The summed E-state index contributed by atoms with van der Waals surface area (Å²) in [6.07, 6.45) is 7.45. The number of nitrogens with one attached hydrogen (secondary N) is 3. The SMILES string of the molecule is CCCCCCCCCC1NC(=O)C2(CCN(S/C=C/c3ccc(N4C(=O)CNC4=O)cc3C(F)(F)F)CC2)N1. The van der Waals surface area contributed by atoms with Crippen molar-refractivity contribution in [2.75, 3.05) is 24.5 Å². The van der Waals surface area contributed by atoms with Crippen LogP contribution in [-0.4, -0.2) is 53.5 Å². The van der Waals surface area contributed by atoms with Crippen molar-refractivity contribution in [1.82, 2.24) is 20.3 Å². The molecular formula is C28H38F3N5O3S. The fraction of sp³-hybridized carbons (Fsp3) is 0.607. The van der Waals surface area contributed by atoms with Crippen LogP contribution in [-0.2, 0) is 15.8 Å². The zero-order chi connectivity index (χ0) is 28.8. The molecule has 3 aliphatic rings. The average Bonchev–Trinajstić information content (AvgIpc) is 3.41. The highest BCUT2D eigenvalue weighted by atomic mass is 32.2. The zero-order valence-corrected chi connectivity index (χ0v) is 23.6. The third kappa shape index (κ3) is 7.38. The fourth-order valence-electron chi connectivity index (χ4n) is 5.47. The number of carbonyl (C=O) groups is 3. The Morgan fingerprint density at radius 2 is 1.75 bits per heavy atom. The Hall–Kier alpha value is -2.57. The minimum atomic E-state index is -4.66. The Balaban J connectivity index is 1.27. The zero-order valence-electron chi connectivity index (χ0n) is 22.8. The van der Waals surface area contributed by atoms with Gasteiger partial charge >= 0.3 is 12.2 Å². The number of nitrogens with zero attached hydrogens (tertiary/aromatic N) is 2. The second-order valence-electron chi connectivity index (χ2n) is 10.7. The summed E-state index contributed by atoms with van der Waals surface area (Å²) in [5.41, 5.74) is -1.68. The van der Waals surface area contributed by atoms with Crippen LogP contribution in [0.25, 0.3) is 6.08 Å². The molecule has 0 aliphatic carbocycles. The van der Waals surface area contributed by atoms with E-state index in [1.165, 1.54) is 68.7 Å². The lowest BCUT2D eigenvalue weighted by Crippen LogP contribution is -2.54. The van der Waals surface area contributed by atoms with Crippen molar-refractivity contribution in [2.24, 2.45) is 0 Å². The van der Waals surface area contributed by atoms with E-state index >= 15 is 0 Å². The first-order valence-corrected chi connectivity index (χ1v) is 15.0. The number of alkyl halides is 3. The maximum Gasteiger partial charge on any atom is 0.417 e. The maximum atomic E-state index is 13.8. The summed E-state index contributed by atoms with van der Waals surface area (Å²) in [6.45, 7) is 3.21. The van der Waals surface area contributed by atoms with Crippen LogP contribution >= 0.6 is 11.9 Å². The molecule has 0 radical (unpaired) electrons. The number of piperidine rings is 1. The van der Waals surface area contributed by atoms with Gasteiger partial charge in [-0.3, -0.25) is 14.9 Å². The number of rotatable bonds is 12. The van der Waals surface area contributed by atoms with Crippen molar-refractivity contribution < 1.29 is 27.6 Å². The number of carbonyl (C=O) groups excluding carboxylic acids is 3. The van der Waals surface area contributed by atoms with Crippen molar-refractivity contribution >= 4 is 41.6 Å². The summed E-state index contributed by atoms with van der Waals surface area (Å²) in [4.78, 5) is 37.3. The number of halogens is 3. The molecule has 0 bridgehead atoms. The van der Waals surface area contributed by atoms with Crippen LogP contribution in [0.3, 0.4) is 0 Å². The number of hydrogen-bond acceptors (Lipinski definition) is 6. The number of amides is 4. The molecule has 0 aromatic heterocycles. The Morgan fingerprint density at radius 1 is 1.05 bits per heavy atom. The summed E-state index contributed by atoms with van der Waals surface area (Å²) < 4.78 is 43.4. The highest BCUT2D eigenvalue weighted by Gasteiger charge is 2.47. The standard InChI is InChI=1S/C28H38F3N5O3S/c1-2-3-4-5-6-7-8-9-23-33-25(38)27(34-23)13-15-35(16-14-27)40-17-12-20-10-11-21(18-22(20)28(29,30)31)36-24(37)19-32-26(36)39/h10-12,17-18,23,34H,2-9,13-16,19H2,1H3,(H,32,39)(H,33,38)/b17-12+. The molecule has 1 unspecified atom stereocenters. The Kier molecular flexibility index (Phi) is 10.2. The van der Waals surface area contributed by atoms with E-state index in [1.54, 1.807) is 5.41 Å². The van der Waals surface area contributed by atoms with E-state index in [2.05, 4.69) is 22.9 Å². The van der Waals surface area contributed by atoms with Gasteiger partial charge in [-0.05, 0) is 48.4 Å². The van der Waals surface area contributed by atoms with Gasteiger partial charge in [0.15, 0.2) is 0 Å². The lowest BCUT2D eigenvalue weighted by molar-refractivity contribution is -0.137. The van der Waals surface area contributed by atoms with Crippen LogP contribution in [0.5, 0.6) is 0 Å². The number of urea groups is 1. The van der Waals surface area contributed by atoms with Crippen LogP contribution in [0.4, 0.5) is 23.7 Å². The molecule has 1 spiro atoms. The normalized spacial score (nSPS) is 21.6. The van der Waals surface area contributed by atoms with Gasteiger partial charge in [0.1, 0.15) is 5.54 Å². The van der Waals surface area contributed by atoms with Crippen LogP contribution in [0.1, 0.15) is 82.3 Å². The maximum absolute atomic E-state index is 13.8. The summed E-state index contributed by atoms with van der Waals surface area (Å²) >= 11 is 1.31. The topological polar surface area (TPSA) is 93.8 Å². The highest BCUT2D eigenvalue weighted by Crippen LogP contribution is 2.37. The highest BCUT2D eigenvalue weighted by molar-refractivity contribution is 8.00. The molecule has 40 heavy (non-hydrogen) atoms. The number of hydrogen-bond donors (Lipinski definition) is 3. The van der Waals surface area contributed by atoms with Gasteiger partial charge < -0.3 is 10.6 Å².